The summed E-state index contributed by atoms with van der Waals surface area (Å²) >= 11 is 0. The number of esters is 3. The van der Waals surface area contributed by atoms with Gasteiger partial charge < -0.3 is 14.2 Å². The molecule has 6 nitrogen and oxygen atoms in total. The van der Waals surface area contributed by atoms with Crippen molar-refractivity contribution in [2.75, 3.05) is 13.2 Å². The lowest BCUT2D eigenvalue weighted by atomic mass is 9.48. The van der Waals surface area contributed by atoms with Crippen molar-refractivity contribution in [1.29, 1.82) is 0 Å². The van der Waals surface area contributed by atoms with E-state index in [-0.39, 0.29) is 17.8 Å². The summed E-state index contributed by atoms with van der Waals surface area (Å²) in [5, 5.41) is 0. The molecule has 0 aromatic rings. The van der Waals surface area contributed by atoms with Gasteiger partial charge in [0.2, 0.25) is 0 Å². The molecular weight excluding hydrogens is 491 g/mol. The molecule has 0 aromatic heterocycles. The highest BCUT2D eigenvalue weighted by Gasteiger charge is 2.63. The van der Waals surface area contributed by atoms with Crippen LogP contribution >= 0.6 is 0 Å². The molecule has 0 spiro atoms. The lowest BCUT2D eigenvalue weighted by Gasteiger charge is -2.60. The zero-order valence-corrected chi connectivity index (χ0v) is 21.0. The fraction of sp³-hybridized carbons (Fsp3) is 0.880. The average molecular weight is 527 g/mol. The van der Waals surface area contributed by atoms with Crippen LogP contribution in [0.2, 0.25) is 0 Å². The molecule has 0 heterocycles. The van der Waals surface area contributed by atoms with E-state index in [1.54, 1.807) is 0 Å². The van der Waals surface area contributed by atoms with Crippen LogP contribution in [0.25, 0.3) is 0 Å². The predicted octanol–water partition coefficient (Wildman–Crippen LogP) is 5.76. The van der Waals surface area contributed by atoms with Crippen molar-refractivity contribution in [3.63, 3.8) is 0 Å². The van der Waals surface area contributed by atoms with Gasteiger partial charge >= 0.3 is 24.1 Å². The van der Waals surface area contributed by atoms with Crippen molar-refractivity contribution in [3.8, 4) is 0 Å². The van der Waals surface area contributed by atoms with Gasteiger partial charge in [0.1, 0.15) is 12.0 Å². The van der Waals surface area contributed by atoms with Crippen LogP contribution in [0.15, 0.2) is 0 Å². The smallest absolute Gasteiger partial charge is 0.394 e. The molecule has 4 rings (SSSR count). The number of carbonyl (C=O) groups excluding carboxylic acids is 3. The maximum absolute atomic E-state index is 13.3. The summed E-state index contributed by atoms with van der Waals surface area (Å²) in [6.45, 7) is 4.33. The Labute approximate surface area is 207 Å². The number of ether oxygens (including phenoxy) is 3. The molecular formula is C25H35F5O6. The maximum Gasteiger partial charge on any atom is 0.394 e. The van der Waals surface area contributed by atoms with E-state index in [0.29, 0.717) is 38.5 Å². The van der Waals surface area contributed by atoms with Gasteiger partial charge in [-0.2, -0.15) is 13.2 Å². The zero-order valence-electron chi connectivity index (χ0n) is 21.0. The van der Waals surface area contributed by atoms with Gasteiger partial charge in [0, 0.05) is 12.8 Å². The first kappa shape index (κ1) is 28.6. The molecule has 0 aromatic carbocycles. The molecule has 4 bridgehead atoms. The molecule has 4 aliphatic carbocycles. The third kappa shape index (κ3) is 6.88. The van der Waals surface area contributed by atoms with Crippen LogP contribution in [0, 0.1) is 22.7 Å². The van der Waals surface area contributed by atoms with E-state index >= 15 is 0 Å². The fourth-order valence-electron chi connectivity index (χ4n) is 6.23. The molecule has 11 heteroatoms. The topological polar surface area (TPSA) is 78.9 Å². The van der Waals surface area contributed by atoms with Gasteiger partial charge in [0.25, 0.3) is 5.92 Å². The Balaban J connectivity index is 1.50. The van der Waals surface area contributed by atoms with E-state index < -0.39 is 72.9 Å². The number of halogens is 5. The summed E-state index contributed by atoms with van der Waals surface area (Å²) in [4.78, 5) is 37.9. The molecule has 206 valence electrons. The Morgan fingerprint density at radius 3 is 2.11 bits per heavy atom. The minimum Gasteiger partial charge on any atom is -0.463 e. The van der Waals surface area contributed by atoms with E-state index in [4.69, 9.17) is 14.2 Å². The lowest BCUT2D eigenvalue weighted by Crippen LogP contribution is -2.60. The molecule has 0 radical (unpaired) electrons. The van der Waals surface area contributed by atoms with E-state index in [1.807, 2.05) is 20.8 Å². The second-order valence-electron chi connectivity index (χ2n) is 11.6. The minimum atomic E-state index is -4.99. The van der Waals surface area contributed by atoms with Crippen LogP contribution in [0.5, 0.6) is 0 Å². The van der Waals surface area contributed by atoms with Crippen LogP contribution < -0.4 is 0 Å². The third-order valence-electron chi connectivity index (χ3n) is 7.92. The number of rotatable bonds is 11. The Morgan fingerprint density at radius 2 is 1.56 bits per heavy atom. The Hall–Kier alpha value is -1.94. The van der Waals surface area contributed by atoms with Crippen molar-refractivity contribution in [2.45, 2.75) is 103 Å². The van der Waals surface area contributed by atoms with Gasteiger partial charge in [0.15, 0.2) is 6.61 Å². The maximum atomic E-state index is 13.3. The molecule has 4 aliphatic rings. The van der Waals surface area contributed by atoms with Gasteiger partial charge in [-0.15, -0.1) is 0 Å². The lowest BCUT2D eigenvalue weighted by molar-refractivity contribution is -0.218. The molecule has 0 N–H and O–H groups in total. The van der Waals surface area contributed by atoms with E-state index in [0.717, 1.165) is 6.42 Å². The number of hydrogen-bond acceptors (Lipinski definition) is 6. The summed E-state index contributed by atoms with van der Waals surface area (Å²) in [6, 6.07) is 0. The first-order valence-electron chi connectivity index (χ1n) is 12.5. The van der Waals surface area contributed by atoms with Crippen LogP contribution in [-0.2, 0) is 28.6 Å². The third-order valence-corrected chi connectivity index (χ3v) is 7.92. The first-order valence-corrected chi connectivity index (χ1v) is 12.5. The van der Waals surface area contributed by atoms with Crippen LogP contribution in [0.3, 0.4) is 0 Å². The summed E-state index contributed by atoms with van der Waals surface area (Å²) in [5.74, 6) is -5.34. The summed E-state index contributed by atoms with van der Waals surface area (Å²) in [5.41, 5.74) is -2.23. The average Bonchev–Trinajstić information content (AvgIpc) is 2.72. The predicted molar refractivity (Wildman–Crippen MR) is 117 cm³/mol. The van der Waals surface area contributed by atoms with Gasteiger partial charge in [-0.05, 0) is 70.6 Å². The Kier molecular flexibility index (Phi) is 8.02. The van der Waals surface area contributed by atoms with Crippen LogP contribution in [-0.4, -0.2) is 48.8 Å². The van der Waals surface area contributed by atoms with Crippen molar-refractivity contribution < 1.29 is 50.5 Å². The van der Waals surface area contributed by atoms with Gasteiger partial charge in [-0.1, -0.05) is 6.92 Å². The van der Waals surface area contributed by atoms with Crippen LogP contribution in [0.1, 0.15) is 85.0 Å². The molecule has 0 aliphatic heterocycles. The molecule has 36 heavy (non-hydrogen) atoms. The fourth-order valence-corrected chi connectivity index (χ4v) is 6.23. The largest absolute Gasteiger partial charge is 0.463 e. The van der Waals surface area contributed by atoms with Crippen molar-refractivity contribution in [3.05, 3.63) is 0 Å². The first-order chi connectivity index (χ1) is 16.5. The highest BCUT2D eigenvalue weighted by molar-refractivity contribution is 5.81. The molecule has 0 saturated heterocycles. The molecule has 4 fully saturated rings. The second kappa shape index (κ2) is 10.1. The molecule has 2 atom stereocenters. The zero-order chi connectivity index (χ0) is 27.0. The SMILES string of the molecule is CCC(C)(C)C(=O)OC12CC3CC(C1)CC(C(=O)OCC(=O)OCCCC(F)(F)CC(F)(F)F)(C3)C2. The van der Waals surface area contributed by atoms with E-state index in [1.165, 1.54) is 0 Å². The number of carbonyl (C=O) groups is 3. The number of hydrogen-bond donors (Lipinski definition) is 0. The Bertz CT molecular complexity index is 838. The quantitative estimate of drug-likeness (QED) is 0.147. The molecule has 2 unspecified atom stereocenters. The van der Waals surface area contributed by atoms with Gasteiger partial charge in [-0.3, -0.25) is 9.59 Å². The van der Waals surface area contributed by atoms with Crippen molar-refractivity contribution in [2.24, 2.45) is 22.7 Å². The highest BCUT2D eigenvalue weighted by atomic mass is 19.4. The van der Waals surface area contributed by atoms with E-state index in [9.17, 15) is 36.3 Å². The van der Waals surface area contributed by atoms with Crippen molar-refractivity contribution in [1.82, 2.24) is 0 Å². The Morgan fingerprint density at radius 1 is 0.944 bits per heavy atom. The van der Waals surface area contributed by atoms with Crippen LogP contribution in [0.4, 0.5) is 22.0 Å². The van der Waals surface area contributed by atoms with Crippen molar-refractivity contribution >= 4 is 17.9 Å². The van der Waals surface area contributed by atoms with E-state index in [2.05, 4.69) is 0 Å². The second-order valence-corrected chi connectivity index (χ2v) is 11.6. The summed E-state index contributed by atoms with van der Waals surface area (Å²) in [7, 11) is 0. The monoisotopic (exact) mass is 526 g/mol. The molecule has 0 amide bonds. The number of alkyl halides is 5. The summed E-state index contributed by atoms with van der Waals surface area (Å²) in [6.07, 6.45) is -4.30. The summed E-state index contributed by atoms with van der Waals surface area (Å²) < 4.78 is 79.1. The van der Waals surface area contributed by atoms with Gasteiger partial charge in [0.05, 0.1) is 17.4 Å². The highest BCUT2D eigenvalue weighted by Crippen LogP contribution is 2.63. The minimum absolute atomic E-state index is 0.210. The normalized spacial score (nSPS) is 29.7. The molecule has 4 saturated carbocycles. The standard InChI is InChI=1S/C25H35F5O6/c1-4-21(2,3)19(32)36-23-11-16-8-17(12-23)10-22(9-16,14-23)20(33)35-13-18(31)34-7-5-6-24(26,27)15-25(28,29)30/h16-17H,4-15H2,1-3H3. The van der Waals surface area contributed by atoms with Gasteiger partial charge in [-0.25, -0.2) is 13.6 Å².